The fraction of sp³-hybridized carbons (Fsp3) is 0.400. The Hall–Kier alpha value is -1.60. The van der Waals surface area contributed by atoms with Gasteiger partial charge in [-0.1, -0.05) is 0 Å². The number of nitriles is 1. The molecule has 0 aromatic carbocycles. The minimum Gasteiger partial charge on any atom is -0.389 e. The van der Waals surface area contributed by atoms with Gasteiger partial charge in [-0.25, -0.2) is 4.98 Å². The summed E-state index contributed by atoms with van der Waals surface area (Å²) in [6.07, 6.45) is 1.33. The van der Waals surface area contributed by atoms with E-state index < -0.39 is 0 Å². The first-order valence-electron chi connectivity index (χ1n) is 4.50. The van der Waals surface area contributed by atoms with Crippen molar-refractivity contribution in [3.05, 3.63) is 23.4 Å². The Kier molecular flexibility index (Phi) is 2.10. The van der Waals surface area contributed by atoms with Crippen molar-refractivity contribution in [1.29, 1.82) is 5.26 Å². The van der Waals surface area contributed by atoms with Crippen molar-refractivity contribution in [3.63, 3.8) is 0 Å². The van der Waals surface area contributed by atoms with Crippen LogP contribution in [0.5, 0.6) is 0 Å². The molecular weight excluding hydrogens is 178 g/mol. The lowest BCUT2D eigenvalue weighted by Crippen LogP contribution is -2.51. The molecule has 14 heavy (non-hydrogen) atoms. The van der Waals surface area contributed by atoms with Gasteiger partial charge in [-0.05, 0) is 18.6 Å². The summed E-state index contributed by atoms with van der Waals surface area (Å²) in [5.41, 5.74) is 1.56. The molecule has 0 aliphatic carbocycles. The van der Waals surface area contributed by atoms with Crippen LogP contribution in [0, 0.1) is 18.3 Å². The Morgan fingerprint density at radius 3 is 2.86 bits per heavy atom. The Morgan fingerprint density at radius 2 is 2.36 bits per heavy atom. The number of aliphatic hydroxyl groups excluding tert-OH is 1. The monoisotopic (exact) mass is 189 g/mol. The largest absolute Gasteiger partial charge is 0.389 e. The van der Waals surface area contributed by atoms with Crippen LogP contribution in [0.2, 0.25) is 0 Å². The molecule has 0 spiro atoms. The fourth-order valence-corrected chi connectivity index (χ4v) is 1.59. The third-order valence-corrected chi connectivity index (χ3v) is 2.34. The van der Waals surface area contributed by atoms with Gasteiger partial charge in [0.1, 0.15) is 11.9 Å². The molecule has 0 amide bonds. The van der Waals surface area contributed by atoms with Crippen LogP contribution in [-0.2, 0) is 0 Å². The number of anilines is 1. The van der Waals surface area contributed by atoms with Crippen LogP contribution in [0.4, 0.5) is 5.82 Å². The van der Waals surface area contributed by atoms with Crippen LogP contribution in [0.15, 0.2) is 12.3 Å². The molecule has 1 aliphatic heterocycles. The maximum Gasteiger partial charge on any atom is 0.131 e. The van der Waals surface area contributed by atoms with Crippen molar-refractivity contribution < 1.29 is 5.11 Å². The van der Waals surface area contributed by atoms with Gasteiger partial charge in [0.2, 0.25) is 0 Å². The number of hydrogen-bond acceptors (Lipinski definition) is 4. The van der Waals surface area contributed by atoms with E-state index in [0.29, 0.717) is 18.7 Å². The first-order chi connectivity index (χ1) is 6.70. The SMILES string of the molecule is Cc1cc(C#N)cnc1N1CC(O)C1. The van der Waals surface area contributed by atoms with Crippen molar-refractivity contribution in [3.8, 4) is 6.07 Å². The summed E-state index contributed by atoms with van der Waals surface area (Å²) in [6.45, 7) is 3.20. The molecule has 1 aliphatic rings. The van der Waals surface area contributed by atoms with E-state index in [-0.39, 0.29) is 6.10 Å². The molecule has 1 N–H and O–H groups in total. The van der Waals surface area contributed by atoms with E-state index in [2.05, 4.69) is 4.98 Å². The zero-order chi connectivity index (χ0) is 10.1. The summed E-state index contributed by atoms with van der Waals surface area (Å²) in [4.78, 5) is 6.20. The number of aliphatic hydroxyl groups is 1. The second kappa shape index (κ2) is 3.28. The predicted molar refractivity (Wildman–Crippen MR) is 51.9 cm³/mol. The number of β-amino-alcohol motifs (C(OH)–C–C–N with tert-alkyl or cyclic N) is 1. The fourth-order valence-electron chi connectivity index (χ4n) is 1.59. The Bertz CT molecular complexity index is 391. The van der Waals surface area contributed by atoms with Crippen molar-refractivity contribution in [2.75, 3.05) is 18.0 Å². The second-order valence-electron chi connectivity index (χ2n) is 3.54. The van der Waals surface area contributed by atoms with Gasteiger partial charge in [0.25, 0.3) is 0 Å². The summed E-state index contributed by atoms with van der Waals surface area (Å²) in [5.74, 6) is 0.870. The highest BCUT2D eigenvalue weighted by Gasteiger charge is 2.26. The molecule has 2 rings (SSSR count). The smallest absolute Gasteiger partial charge is 0.131 e. The van der Waals surface area contributed by atoms with Gasteiger partial charge in [0.15, 0.2) is 0 Å². The molecule has 72 valence electrons. The van der Waals surface area contributed by atoms with Crippen molar-refractivity contribution in [1.82, 2.24) is 4.98 Å². The van der Waals surface area contributed by atoms with E-state index in [9.17, 15) is 0 Å². The molecule has 0 bridgehead atoms. The van der Waals surface area contributed by atoms with E-state index in [1.165, 1.54) is 0 Å². The Morgan fingerprint density at radius 1 is 1.64 bits per heavy atom. The summed E-state index contributed by atoms with van der Waals surface area (Å²) in [5, 5.41) is 17.8. The number of pyridine rings is 1. The lowest BCUT2D eigenvalue weighted by atomic mass is 10.1. The first kappa shape index (κ1) is 8.97. The molecule has 0 radical (unpaired) electrons. The van der Waals surface area contributed by atoms with E-state index >= 15 is 0 Å². The highest BCUT2D eigenvalue weighted by atomic mass is 16.3. The maximum atomic E-state index is 9.15. The Balaban J connectivity index is 2.24. The molecule has 4 heteroatoms. The zero-order valence-corrected chi connectivity index (χ0v) is 7.94. The van der Waals surface area contributed by atoms with Crippen molar-refractivity contribution >= 4 is 5.82 Å². The first-order valence-corrected chi connectivity index (χ1v) is 4.50. The third-order valence-electron chi connectivity index (χ3n) is 2.34. The number of aromatic nitrogens is 1. The number of nitrogens with zero attached hydrogens (tertiary/aromatic N) is 3. The average molecular weight is 189 g/mol. The molecule has 1 saturated heterocycles. The van der Waals surface area contributed by atoms with Crippen LogP contribution in [0.25, 0.3) is 0 Å². The quantitative estimate of drug-likeness (QED) is 0.696. The zero-order valence-electron chi connectivity index (χ0n) is 7.94. The molecule has 4 nitrogen and oxygen atoms in total. The molecule has 1 aromatic heterocycles. The third kappa shape index (κ3) is 1.42. The Labute approximate surface area is 82.4 Å². The van der Waals surface area contributed by atoms with Crippen LogP contribution in [0.3, 0.4) is 0 Å². The van der Waals surface area contributed by atoms with Gasteiger partial charge in [-0.3, -0.25) is 0 Å². The van der Waals surface area contributed by atoms with Crippen LogP contribution >= 0.6 is 0 Å². The number of aryl methyl sites for hydroxylation is 1. The second-order valence-corrected chi connectivity index (χ2v) is 3.54. The average Bonchev–Trinajstić information content (AvgIpc) is 2.13. The van der Waals surface area contributed by atoms with Gasteiger partial charge in [-0.15, -0.1) is 0 Å². The summed E-state index contributed by atoms with van der Waals surface area (Å²) in [6, 6.07) is 3.86. The summed E-state index contributed by atoms with van der Waals surface area (Å²) < 4.78 is 0. The van der Waals surface area contributed by atoms with Gasteiger partial charge < -0.3 is 10.0 Å². The molecule has 1 aromatic rings. The van der Waals surface area contributed by atoms with Crippen LogP contribution in [0.1, 0.15) is 11.1 Å². The van der Waals surface area contributed by atoms with E-state index in [4.69, 9.17) is 10.4 Å². The van der Waals surface area contributed by atoms with Gasteiger partial charge in [-0.2, -0.15) is 5.26 Å². The molecular formula is C10H11N3O. The highest BCUT2D eigenvalue weighted by Crippen LogP contribution is 2.22. The number of hydrogen-bond donors (Lipinski definition) is 1. The standard InChI is InChI=1S/C10H11N3O/c1-7-2-8(3-11)4-12-10(7)13-5-9(14)6-13/h2,4,9,14H,5-6H2,1H3. The van der Waals surface area contributed by atoms with E-state index in [1.807, 2.05) is 24.0 Å². The minimum absolute atomic E-state index is 0.230. The van der Waals surface area contributed by atoms with E-state index in [0.717, 1.165) is 11.4 Å². The van der Waals surface area contributed by atoms with Gasteiger partial charge in [0, 0.05) is 19.3 Å². The lowest BCUT2D eigenvalue weighted by molar-refractivity contribution is 0.141. The molecule has 1 fully saturated rings. The predicted octanol–water partition coefficient (Wildman–Crippen LogP) is 0.443. The maximum absolute atomic E-state index is 9.15. The normalized spacial score (nSPS) is 16.2. The molecule has 0 saturated carbocycles. The molecule has 2 heterocycles. The lowest BCUT2D eigenvalue weighted by Gasteiger charge is -2.37. The van der Waals surface area contributed by atoms with Gasteiger partial charge >= 0.3 is 0 Å². The molecule has 0 unspecified atom stereocenters. The van der Waals surface area contributed by atoms with E-state index in [1.54, 1.807) is 6.20 Å². The van der Waals surface area contributed by atoms with Crippen molar-refractivity contribution in [2.24, 2.45) is 0 Å². The highest BCUT2D eigenvalue weighted by molar-refractivity contribution is 5.51. The topological polar surface area (TPSA) is 60.2 Å². The summed E-state index contributed by atoms with van der Waals surface area (Å²) in [7, 11) is 0. The van der Waals surface area contributed by atoms with Crippen molar-refractivity contribution in [2.45, 2.75) is 13.0 Å². The van der Waals surface area contributed by atoms with Crippen LogP contribution < -0.4 is 4.90 Å². The molecule has 0 atom stereocenters. The summed E-state index contributed by atoms with van der Waals surface area (Å²) >= 11 is 0. The van der Waals surface area contributed by atoms with Crippen LogP contribution in [-0.4, -0.2) is 29.3 Å². The minimum atomic E-state index is -0.230. The number of rotatable bonds is 1. The van der Waals surface area contributed by atoms with Gasteiger partial charge in [0.05, 0.1) is 11.7 Å².